The van der Waals surface area contributed by atoms with E-state index in [4.69, 9.17) is 0 Å². The number of hydrogen-bond acceptors (Lipinski definition) is 3. The predicted molar refractivity (Wildman–Crippen MR) is 61.9 cm³/mol. The second-order valence-corrected chi connectivity index (χ2v) is 6.00. The first kappa shape index (κ1) is 13.1. The van der Waals surface area contributed by atoms with Gasteiger partial charge in [-0.15, -0.1) is 0 Å². The number of nitrogens with one attached hydrogen (secondary N) is 1. The van der Waals surface area contributed by atoms with E-state index in [1.54, 1.807) is 19.4 Å². The Bertz CT molecular complexity index is 413. The first-order valence-corrected chi connectivity index (χ1v) is 6.43. The summed E-state index contributed by atoms with van der Waals surface area (Å²) >= 11 is 0. The van der Waals surface area contributed by atoms with Crippen LogP contribution in [0.25, 0.3) is 0 Å². The highest BCUT2D eigenvalue weighted by atomic mass is 32.2. The van der Waals surface area contributed by atoms with E-state index in [0.29, 0.717) is 5.82 Å². The van der Waals surface area contributed by atoms with Gasteiger partial charge in [0.15, 0.2) is 0 Å². The molecule has 0 aliphatic carbocycles. The van der Waals surface area contributed by atoms with Crippen LogP contribution in [0.2, 0.25) is 0 Å². The molecule has 1 aromatic rings. The molecule has 1 aromatic heterocycles. The average molecular weight is 246 g/mol. The van der Waals surface area contributed by atoms with Crippen LogP contribution in [0, 0.1) is 0 Å². The van der Waals surface area contributed by atoms with Gasteiger partial charge < -0.3 is 4.98 Å². The fourth-order valence-electron chi connectivity index (χ4n) is 1.16. The van der Waals surface area contributed by atoms with Gasteiger partial charge in [0.2, 0.25) is 0 Å². The number of nitrogens with zero attached hydrogens (tertiary/aromatic N) is 3. The molecule has 0 spiro atoms. The highest BCUT2D eigenvalue weighted by Gasteiger charge is 2.25. The number of imidazole rings is 1. The van der Waals surface area contributed by atoms with Crippen LogP contribution in [0.4, 0.5) is 0 Å². The van der Waals surface area contributed by atoms with E-state index in [2.05, 4.69) is 9.97 Å². The molecule has 7 heteroatoms. The molecule has 0 aromatic carbocycles. The standard InChI is InChI=1S/C9H18N4O2S/c1-8(2)13(4)16(14,15)12(3)7-9-10-5-6-11-9/h5-6,8H,7H2,1-4H3,(H,10,11). The Morgan fingerprint density at radius 2 is 2.06 bits per heavy atom. The first-order chi connectivity index (χ1) is 7.35. The summed E-state index contributed by atoms with van der Waals surface area (Å²) in [6.07, 6.45) is 3.27. The van der Waals surface area contributed by atoms with Gasteiger partial charge in [-0.25, -0.2) is 4.98 Å². The SMILES string of the molecule is CC(C)N(C)S(=O)(=O)N(C)Cc1ncc[nH]1. The van der Waals surface area contributed by atoms with Crippen LogP contribution in [-0.2, 0) is 16.8 Å². The van der Waals surface area contributed by atoms with Crippen molar-refractivity contribution in [1.29, 1.82) is 0 Å². The molecule has 1 heterocycles. The zero-order chi connectivity index (χ0) is 12.3. The van der Waals surface area contributed by atoms with Crippen LogP contribution >= 0.6 is 0 Å². The van der Waals surface area contributed by atoms with Crippen molar-refractivity contribution in [1.82, 2.24) is 18.6 Å². The second-order valence-electron chi connectivity index (χ2n) is 3.91. The van der Waals surface area contributed by atoms with Gasteiger partial charge in [0, 0.05) is 32.5 Å². The fraction of sp³-hybridized carbons (Fsp3) is 0.667. The molecule has 0 aliphatic rings. The molecule has 0 radical (unpaired) electrons. The predicted octanol–water partition coefficient (Wildman–Crippen LogP) is 0.426. The van der Waals surface area contributed by atoms with Crippen molar-refractivity contribution in [2.75, 3.05) is 14.1 Å². The van der Waals surface area contributed by atoms with Crippen LogP contribution in [0.1, 0.15) is 19.7 Å². The molecule has 0 saturated heterocycles. The van der Waals surface area contributed by atoms with Crippen molar-refractivity contribution in [2.45, 2.75) is 26.4 Å². The van der Waals surface area contributed by atoms with Crippen LogP contribution in [0.3, 0.4) is 0 Å². The molecule has 0 bridgehead atoms. The number of rotatable bonds is 5. The monoisotopic (exact) mass is 246 g/mol. The molecule has 0 atom stereocenters. The molecule has 1 N–H and O–H groups in total. The summed E-state index contributed by atoms with van der Waals surface area (Å²) in [6.45, 7) is 3.91. The summed E-state index contributed by atoms with van der Waals surface area (Å²) in [4.78, 5) is 6.87. The lowest BCUT2D eigenvalue weighted by molar-refractivity contribution is 0.353. The minimum Gasteiger partial charge on any atom is -0.347 e. The highest BCUT2D eigenvalue weighted by Crippen LogP contribution is 2.10. The topological polar surface area (TPSA) is 69.3 Å². The quantitative estimate of drug-likeness (QED) is 0.819. The zero-order valence-electron chi connectivity index (χ0n) is 10.0. The van der Waals surface area contributed by atoms with E-state index in [9.17, 15) is 8.42 Å². The minimum absolute atomic E-state index is 0.0657. The fourth-order valence-corrected chi connectivity index (χ4v) is 2.42. The highest BCUT2D eigenvalue weighted by molar-refractivity contribution is 7.86. The summed E-state index contributed by atoms with van der Waals surface area (Å²) in [6, 6.07) is -0.0657. The van der Waals surface area contributed by atoms with Crippen LogP contribution in [-0.4, -0.2) is 47.1 Å². The summed E-state index contributed by atoms with van der Waals surface area (Å²) in [5.41, 5.74) is 0. The lowest BCUT2D eigenvalue weighted by Gasteiger charge is -2.26. The van der Waals surface area contributed by atoms with Gasteiger partial charge >= 0.3 is 0 Å². The van der Waals surface area contributed by atoms with Gasteiger partial charge in [-0.2, -0.15) is 17.0 Å². The molecule has 6 nitrogen and oxygen atoms in total. The lowest BCUT2D eigenvalue weighted by Crippen LogP contribution is -2.42. The van der Waals surface area contributed by atoms with Crippen molar-refractivity contribution in [3.05, 3.63) is 18.2 Å². The Kier molecular flexibility index (Phi) is 4.06. The molecule has 92 valence electrons. The summed E-state index contributed by atoms with van der Waals surface area (Å²) < 4.78 is 26.6. The summed E-state index contributed by atoms with van der Waals surface area (Å²) in [7, 11) is -0.301. The third-order valence-electron chi connectivity index (χ3n) is 2.41. The van der Waals surface area contributed by atoms with Crippen molar-refractivity contribution in [2.24, 2.45) is 0 Å². The summed E-state index contributed by atoms with van der Waals surface area (Å²) in [5.74, 6) is 0.628. The first-order valence-electron chi connectivity index (χ1n) is 5.03. The van der Waals surface area contributed by atoms with E-state index in [1.165, 1.54) is 15.7 Å². The van der Waals surface area contributed by atoms with Gasteiger partial charge in [-0.3, -0.25) is 0 Å². The number of aromatic nitrogens is 2. The van der Waals surface area contributed by atoms with Crippen LogP contribution in [0.5, 0.6) is 0 Å². The van der Waals surface area contributed by atoms with Crippen molar-refractivity contribution < 1.29 is 8.42 Å². The van der Waals surface area contributed by atoms with E-state index in [0.717, 1.165) is 0 Å². The zero-order valence-corrected chi connectivity index (χ0v) is 10.8. The van der Waals surface area contributed by atoms with Crippen molar-refractivity contribution in [3.8, 4) is 0 Å². The van der Waals surface area contributed by atoms with Gasteiger partial charge in [0.25, 0.3) is 10.2 Å². The van der Waals surface area contributed by atoms with E-state index >= 15 is 0 Å². The molecule has 16 heavy (non-hydrogen) atoms. The van der Waals surface area contributed by atoms with Crippen molar-refractivity contribution in [3.63, 3.8) is 0 Å². The number of aromatic amines is 1. The maximum absolute atomic E-state index is 12.0. The molecular formula is C9H18N4O2S. The third kappa shape index (κ3) is 2.81. The largest absolute Gasteiger partial charge is 0.347 e. The molecular weight excluding hydrogens is 228 g/mol. The van der Waals surface area contributed by atoms with Gasteiger partial charge in [-0.1, -0.05) is 0 Å². The van der Waals surface area contributed by atoms with Gasteiger partial charge in [-0.05, 0) is 13.8 Å². The molecule has 0 fully saturated rings. The lowest BCUT2D eigenvalue weighted by atomic mass is 10.4. The second kappa shape index (κ2) is 4.94. The van der Waals surface area contributed by atoms with Crippen LogP contribution in [0.15, 0.2) is 12.4 Å². The summed E-state index contributed by atoms with van der Waals surface area (Å²) in [5, 5.41) is 0. The molecule has 0 saturated carbocycles. The molecule has 0 amide bonds. The van der Waals surface area contributed by atoms with E-state index in [-0.39, 0.29) is 12.6 Å². The van der Waals surface area contributed by atoms with Crippen molar-refractivity contribution >= 4 is 10.2 Å². The molecule has 0 aliphatic heterocycles. The Morgan fingerprint density at radius 1 is 1.44 bits per heavy atom. The normalized spacial score (nSPS) is 12.9. The number of hydrogen-bond donors (Lipinski definition) is 1. The molecule has 1 rings (SSSR count). The smallest absolute Gasteiger partial charge is 0.282 e. The van der Waals surface area contributed by atoms with E-state index < -0.39 is 10.2 Å². The minimum atomic E-state index is -3.41. The van der Waals surface area contributed by atoms with E-state index in [1.807, 2.05) is 13.8 Å². The Balaban J connectivity index is 2.77. The maximum atomic E-state index is 12.0. The van der Waals surface area contributed by atoms with Crippen LogP contribution < -0.4 is 0 Å². The van der Waals surface area contributed by atoms with Gasteiger partial charge in [0.05, 0.1) is 6.54 Å². The Labute approximate surface area is 96.5 Å². The van der Waals surface area contributed by atoms with Gasteiger partial charge in [0.1, 0.15) is 5.82 Å². The Morgan fingerprint density at radius 3 is 2.50 bits per heavy atom. The number of H-pyrrole nitrogens is 1. The third-order valence-corrected chi connectivity index (χ3v) is 4.48. The Hall–Kier alpha value is -0.920. The molecule has 0 unspecified atom stereocenters. The average Bonchev–Trinajstić information content (AvgIpc) is 2.68. The maximum Gasteiger partial charge on any atom is 0.282 e.